The monoisotopic (exact) mass is 346 g/mol. The van der Waals surface area contributed by atoms with E-state index in [1.807, 2.05) is 6.20 Å². The molecular formula is C16H15FN4O2S. The second kappa shape index (κ2) is 6.90. The van der Waals surface area contributed by atoms with Crippen molar-refractivity contribution in [2.45, 2.75) is 6.10 Å². The van der Waals surface area contributed by atoms with Crippen molar-refractivity contribution in [2.75, 3.05) is 6.54 Å². The van der Waals surface area contributed by atoms with Gasteiger partial charge < -0.3 is 10.4 Å². The van der Waals surface area contributed by atoms with E-state index in [0.717, 1.165) is 5.56 Å². The van der Waals surface area contributed by atoms with Gasteiger partial charge in [-0.05, 0) is 6.07 Å². The number of amides is 1. The molecule has 8 heteroatoms. The molecule has 2 heterocycles. The average Bonchev–Trinajstić information content (AvgIpc) is 3.21. The number of aliphatic hydroxyl groups is 1. The number of carbonyl (C=O) groups excluding carboxylic acids is 1. The minimum Gasteiger partial charge on any atom is -0.386 e. The van der Waals surface area contributed by atoms with Crippen LogP contribution >= 0.6 is 11.3 Å². The Labute approximate surface area is 141 Å². The first-order chi connectivity index (χ1) is 11.5. The molecule has 0 fully saturated rings. The van der Waals surface area contributed by atoms with Crippen LogP contribution in [0, 0.1) is 5.82 Å². The number of nitrogens with one attached hydrogen (secondary N) is 1. The fraction of sp³-hybridized carbons (Fsp3) is 0.188. The molecule has 0 aliphatic heterocycles. The highest BCUT2D eigenvalue weighted by Crippen LogP contribution is 2.23. The number of benzene rings is 1. The quantitative estimate of drug-likeness (QED) is 0.742. The molecule has 0 bridgehead atoms. The summed E-state index contributed by atoms with van der Waals surface area (Å²) in [5.41, 5.74) is 1.22. The van der Waals surface area contributed by atoms with Crippen molar-refractivity contribution < 1.29 is 14.3 Å². The summed E-state index contributed by atoms with van der Waals surface area (Å²) in [5, 5.41) is 18.9. The number of hydrogen-bond acceptors (Lipinski definition) is 5. The Morgan fingerprint density at radius 3 is 2.96 bits per heavy atom. The summed E-state index contributed by atoms with van der Waals surface area (Å²) in [6, 6.07) is 5.92. The van der Waals surface area contributed by atoms with Gasteiger partial charge in [-0.15, -0.1) is 11.3 Å². The van der Waals surface area contributed by atoms with Crippen molar-refractivity contribution in [1.82, 2.24) is 20.1 Å². The molecule has 0 aliphatic rings. The normalized spacial score (nSPS) is 12.1. The molecule has 2 N–H and O–H groups in total. The highest BCUT2D eigenvalue weighted by molar-refractivity contribution is 7.13. The second-order valence-electron chi connectivity index (χ2n) is 5.19. The van der Waals surface area contributed by atoms with Gasteiger partial charge in [-0.25, -0.2) is 9.37 Å². The van der Waals surface area contributed by atoms with Gasteiger partial charge in [-0.3, -0.25) is 9.48 Å². The van der Waals surface area contributed by atoms with Crippen LogP contribution in [0.2, 0.25) is 0 Å². The predicted octanol–water partition coefficient (Wildman–Crippen LogP) is 2.15. The van der Waals surface area contributed by atoms with Crippen LogP contribution in [-0.4, -0.2) is 32.3 Å². The SMILES string of the molecule is Cn1cc(-c2nc(C(=O)NCC(O)c3ccccc3F)cs2)cn1. The van der Waals surface area contributed by atoms with Gasteiger partial charge in [-0.2, -0.15) is 5.10 Å². The van der Waals surface area contributed by atoms with Crippen molar-refractivity contribution in [1.29, 1.82) is 0 Å². The largest absolute Gasteiger partial charge is 0.386 e. The minimum atomic E-state index is -1.12. The van der Waals surface area contributed by atoms with E-state index in [1.54, 1.807) is 35.4 Å². The highest BCUT2D eigenvalue weighted by atomic mass is 32.1. The van der Waals surface area contributed by atoms with Crippen LogP contribution in [0.5, 0.6) is 0 Å². The van der Waals surface area contributed by atoms with Crippen LogP contribution in [0.3, 0.4) is 0 Å². The third-order valence-electron chi connectivity index (χ3n) is 3.41. The van der Waals surface area contributed by atoms with Gasteiger partial charge in [0.2, 0.25) is 0 Å². The lowest BCUT2D eigenvalue weighted by Gasteiger charge is -2.12. The number of rotatable bonds is 5. The van der Waals surface area contributed by atoms with Crippen LogP contribution in [0.1, 0.15) is 22.2 Å². The molecule has 1 unspecified atom stereocenters. The van der Waals surface area contributed by atoms with Crippen LogP contribution in [0.15, 0.2) is 42.0 Å². The van der Waals surface area contributed by atoms with E-state index < -0.39 is 17.8 Å². The highest BCUT2D eigenvalue weighted by Gasteiger charge is 2.16. The van der Waals surface area contributed by atoms with E-state index in [2.05, 4.69) is 15.4 Å². The van der Waals surface area contributed by atoms with E-state index in [4.69, 9.17) is 0 Å². The van der Waals surface area contributed by atoms with Crippen LogP contribution < -0.4 is 5.32 Å². The lowest BCUT2D eigenvalue weighted by Crippen LogP contribution is -2.28. The van der Waals surface area contributed by atoms with E-state index in [-0.39, 0.29) is 17.8 Å². The molecule has 0 spiro atoms. The summed E-state index contributed by atoms with van der Waals surface area (Å²) >= 11 is 1.33. The van der Waals surface area contributed by atoms with E-state index in [0.29, 0.717) is 5.01 Å². The lowest BCUT2D eigenvalue weighted by molar-refractivity contribution is 0.0910. The molecule has 3 aromatic rings. The van der Waals surface area contributed by atoms with Crippen LogP contribution in [0.4, 0.5) is 4.39 Å². The zero-order valence-electron chi connectivity index (χ0n) is 12.8. The Bertz CT molecular complexity index is 861. The van der Waals surface area contributed by atoms with Crippen molar-refractivity contribution >= 4 is 17.2 Å². The Morgan fingerprint density at radius 1 is 1.46 bits per heavy atom. The van der Waals surface area contributed by atoms with Gasteiger partial charge in [0.1, 0.15) is 16.5 Å². The summed E-state index contributed by atoms with van der Waals surface area (Å²) in [5.74, 6) is -0.927. The molecule has 2 aromatic heterocycles. The van der Waals surface area contributed by atoms with Gasteiger partial charge in [0.25, 0.3) is 5.91 Å². The minimum absolute atomic E-state index is 0.0977. The zero-order chi connectivity index (χ0) is 17.1. The maximum absolute atomic E-state index is 13.6. The molecule has 6 nitrogen and oxygen atoms in total. The molecule has 0 aliphatic carbocycles. The summed E-state index contributed by atoms with van der Waals surface area (Å²) in [6.07, 6.45) is 2.36. The molecule has 3 rings (SSSR count). The van der Waals surface area contributed by atoms with Crippen molar-refractivity contribution in [3.05, 3.63) is 59.1 Å². The fourth-order valence-electron chi connectivity index (χ4n) is 2.18. The number of aliphatic hydroxyl groups excluding tert-OH is 1. The molecule has 0 radical (unpaired) electrons. The second-order valence-corrected chi connectivity index (χ2v) is 6.05. The summed E-state index contributed by atoms with van der Waals surface area (Å²) in [4.78, 5) is 16.4. The maximum atomic E-state index is 13.6. The van der Waals surface area contributed by atoms with E-state index >= 15 is 0 Å². The number of halogens is 1. The number of aromatic nitrogens is 3. The Hall–Kier alpha value is -2.58. The van der Waals surface area contributed by atoms with E-state index in [9.17, 15) is 14.3 Å². The van der Waals surface area contributed by atoms with Crippen LogP contribution in [0.25, 0.3) is 10.6 Å². The maximum Gasteiger partial charge on any atom is 0.270 e. The number of thiazole rings is 1. The molecule has 0 saturated carbocycles. The molecular weight excluding hydrogens is 331 g/mol. The Morgan fingerprint density at radius 2 is 2.25 bits per heavy atom. The molecule has 1 atom stereocenters. The number of aryl methyl sites for hydroxylation is 1. The zero-order valence-corrected chi connectivity index (χ0v) is 13.6. The lowest BCUT2D eigenvalue weighted by atomic mass is 10.1. The van der Waals surface area contributed by atoms with Crippen LogP contribution in [-0.2, 0) is 7.05 Å². The standard InChI is InChI=1S/C16H15FN4O2S/c1-21-8-10(6-19-21)16-20-13(9-24-16)15(23)18-7-14(22)11-4-2-3-5-12(11)17/h2-6,8-9,14,22H,7H2,1H3,(H,18,23). The molecule has 1 aromatic carbocycles. The molecule has 24 heavy (non-hydrogen) atoms. The van der Waals surface area contributed by atoms with Gasteiger partial charge in [0.05, 0.1) is 12.3 Å². The fourth-order valence-corrected chi connectivity index (χ4v) is 2.95. The Balaban J connectivity index is 1.63. The number of nitrogens with zero attached hydrogens (tertiary/aromatic N) is 3. The number of hydrogen-bond donors (Lipinski definition) is 2. The van der Waals surface area contributed by atoms with Crippen molar-refractivity contribution in [3.8, 4) is 10.6 Å². The molecule has 124 valence electrons. The van der Waals surface area contributed by atoms with Crippen molar-refractivity contribution in [2.24, 2.45) is 7.05 Å². The topological polar surface area (TPSA) is 80.0 Å². The summed E-state index contributed by atoms with van der Waals surface area (Å²) in [7, 11) is 1.80. The first-order valence-corrected chi connectivity index (χ1v) is 8.08. The molecule has 1 amide bonds. The first kappa shape index (κ1) is 16.3. The van der Waals surface area contributed by atoms with Gasteiger partial charge in [0.15, 0.2) is 0 Å². The Kier molecular flexibility index (Phi) is 4.68. The number of carbonyl (C=O) groups is 1. The smallest absolute Gasteiger partial charge is 0.270 e. The summed E-state index contributed by atoms with van der Waals surface area (Å²) in [6.45, 7) is -0.0977. The third kappa shape index (κ3) is 3.50. The molecule has 0 saturated heterocycles. The summed E-state index contributed by atoms with van der Waals surface area (Å²) < 4.78 is 15.2. The predicted molar refractivity (Wildman–Crippen MR) is 88.0 cm³/mol. The average molecular weight is 346 g/mol. The van der Waals surface area contributed by atoms with E-state index in [1.165, 1.54) is 23.5 Å². The van der Waals surface area contributed by atoms with Gasteiger partial charge in [0, 0.05) is 36.3 Å². The third-order valence-corrected chi connectivity index (χ3v) is 4.30. The first-order valence-electron chi connectivity index (χ1n) is 7.20. The van der Waals surface area contributed by atoms with Gasteiger partial charge in [-0.1, -0.05) is 18.2 Å². The van der Waals surface area contributed by atoms with Gasteiger partial charge >= 0.3 is 0 Å². The van der Waals surface area contributed by atoms with Crippen molar-refractivity contribution in [3.63, 3.8) is 0 Å².